The van der Waals surface area contributed by atoms with E-state index in [4.69, 9.17) is 18.9 Å². The molecule has 0 bridgehead atoms. The summed E-state index contributed by atoms with van der Waals surface area (Å²) in [5.41, 5.74) is 1.36. The maximum absolute atomic E-state index is 12.9. The van der Waals surface area contributed by atoms with Crippen LogP contribution >= 0.6 is 0 Å². The number of hydrogen-bond donors (Lipinski definition) is 3. The number of nitrogens with one attached hydrogen (secondary N) is 3. The average Bonchev–Trinajstić information content (AvgIpc) is 2.94. The lowest BCUT2D eigenvalue weighted by Gasteiger charge is -2.28. The summed E-state index contributed by atoms with van der Waals surface area (Å²) < 4.78 is 21.8. The van der Waals surface area contributed by atoms with E-state index < -0.39 is 17.7 Å². The lowest BCUT2D eigenvalue weighted by atomic mass is 10.1. The number of fused-ring (bicyclic) bond motifs is 1. The first-order valence-corrected chi connectivity index (χ1v) is 13.0. The van der Waals surface area contributed by atoms with Gasteiger partial charge in [-0.1, -0.05) is 18.2 Å². The number of para-hydroxylation sites is 1. The number of alkyl carbamates (subject to hydrolysis) is 1. The second-order valence-electron chi connectivity index (χ2n) is 9.95. The normalized spacial score (nSPS) is 12.3. The van der Waals surface area contributed by atoms with Gasteiger partial charge in [-0.15, -0.1) is 0 Å². The van der Waals surface area contributed by atoms with Crippen molar-refractivity contribution in [2.24, 2.45) is 0 Å². The molecule has 0 fully saturated rings. The molecule has 216 valence electrons. The quantitative estimate of drug-likeness (QED) is 0.257. The highest BCUT2D eigenvalue weighted by atomic mass is 16.6. The van der Waals surface area contributed by atoms with Gasteiger partial charge in [-0.2, -0.15) is 0 Å². The first-order chi connectivity index (χ1) is 19.6. The van der Waals surface area contributed by atoms with Crippen molar-refractivity contribution in [1.82, 2.24) is 10.3 Å². The number of esters is 1. The van der Waals surface area contributed by atoms with Crippen molar-refractivity contribution in [1.29, 1.82) is 0 Å². The fourth-order valence-electron chi connectivity index (χ4n) is 3.86. The van der Waals surface area contributed by atoms with E-state index in [0.717, 1.165) is 0 Å². The number of anilines is 4. The van der Waals surface area contributed by atoms with Crippen LogP contribution in [-0.2, 0) is 9.47 Å². The number of carbonyl (C=O) groups excluding carboxylic acids is 3. The molecule has 0 saturated heterocycles. The van der Waals surface area contributed by atoms with Gasteiger partial charge in [-0.05, 0) is 51.1 Å². The molecule has 1 aliphatic heterocycles. The molecule has 3 aromatic rings. The number of carbonyl (C=O) groups is 3. The average molecular weight is 564 g/mol. The number of ether oxygens (including phenoxy) is 4. The number of hydrogen-bond acceptors (Lipinski definition) is 9. The Labute approximate surface area is 237 Å². The van der Waals surface area contributed by atoms with E-state index in [1.54, 1.807) is 63.4 Å². The number of methoxy groups -OCH3 is 1. The smallest absolute Gasteiger partial charge is 0.407 e. The van der Waals surface area contributed by atoms with Crippen LogP contribution in [0.4, 0.5) is 32.5 Å². The number of rotatable bonds is 8. The van der Waals surface area contributed by atoms with Crippen molar-refractivity contribution < 1.29 is 33.3 Å². The zero-order valence-electron chi connectivity index (χ0n) is 23.4. The summed E-state index contributed by atoms with van der Waals surface area (Å²) in [6.45, 7) is 6.30. The summed E-state index contributed by atoms with van der Waals surface area (Å²) in [5.74, 6) is 0.699. The summed E-state index contributed by atoms with van der Waals surface area (Å²) in [5, 5.41) is 8.70. The molecular weight excluding hydrogens is 530 g/mol. The second kappa shape index (κ2) is 12.9. The molecule has 41 heavy (non-hydrogen) atoms. The molecule has 3 N–H and O–H groups in total. The highest BCUT2D eigenvalue weighted by Crippen LogP contribution is 2.35. The van der Waals surface area contributed by atoms with Crippen molar-refractivity contribution in [2.45, 2.75) is 26.4 Å². The highest BCUT2D eigenvalue weighted by molar-refractivity contribution is 6.02. The van der Waals surface area contributed by atoms with Crippen LogP contribution in [0.3, 0.4) is 0 Å². The molecule has 2 aromatic carbocycles. The maximum Gasteiger partial charge on any atom is 0.407 e. The van der Waals surface area contributed by atoms with Crippen molar-refractivity contribution in [3.8, 4) is 11.5 Å². The van der Waals surface area contributed by atoms with Crippen LogP contribution < -0.4 is 30.3 Å². The number of pyridine rings is 1. The first kappa shape index (κ1) is 29.0. The van der Waals surface area contributed by atoms with Crippen LogP contribution in [0.1, 0.15) is 31.1 Å². The fourth-order valence-corrected chi connectivity index (χ4v) is 3.86. The molecule has 12 nitrogen and oxygen atoms in total. The van der Waals surface area contributed by atoms with Crippen LogP contribution in [0, 0.1) is 0 Å². The molecule has 2 heterocycles. The monoisotopic (exact) mass is 563 g/mol. The Hall–Kier alpha value is -5.00. The van der Waals surface area contributed by atoms with Crippen molar-refractivity contribution >= 4 is 41.0 Å². The Kier molecular flexibility index (Phi) is 9.12. The van der Waals surface area contributed by atoms with Crippen molar-refractivity contribution in [2.75, 3.05) is 48.9 Å². The minimum atomic E-state index is -0.610. The number of nitrogens with zero attached hydrogens (tertiary/aromatic N) is 2. The third kappa shape index (κ3) is 8.01. The molecule has 0 radical (unpaired) electrons. The van der Waals surface area contributed by atoms with E-state index >= 15 is 0 Å². The largest absolute Gasteiger partial charge is 0.490 e. The Bertz CT molecular complexity index is 1390. The Morgan fingerprint density at radius 2 is 1.83 bits per heavy atom. The van der Waals surface area contributed by atoms with Crippen LogP contribution in [0.2, 0.25) is 0 Å². The van der Waals surface area contributed by atoms with E-state index in [9.17, 15) is 14.4 Å². The maximum atomic E-state index is 12.9. The van der Waals surface area contributed by atoms with Crippen LogP contribution in [0.5, 0.6) is 11.5 Å². The Morgan fingerprint density at radius 1 is 1.05 bits per heavy atom. The number of benzene rings is 2. The molecule has 0 spiro atoms. The number of urea groups is 1. The lowest BCUT2D eigenvalue weighted by molar-refractivity contribution is 0.0519. The van der Waals surface area contributed by atoms with E-state index in [-0.39, 0.29) is 25.8 Å². The lowest BCUT2D eigenvalue weighted by Crippen LogP contribution is -2.41. The van der Waals surface area contributed by atoms with E-state index in [2.05, 4.69) is 20.9 Å². The van der Waals surface area contributed by atoms with Gasteiger partial charge in [0.2, 0.25) is 0 Å². The van der Waals surface area contributed by atoms with Gasteiger partial charge in [0.15, 0.2) is 11.6 Å². The fraction of sp³-hybridized carbons (Fsp3) is 0.310. The molecule has 1 aromatic heterocycles. The van der Waals surface area contributed by atoms with Crippen LogP contribution in [-0.4, -0.2) is 62.1 Å². The number of aromatic nitrogens is 1. The summed E-state index contributed by atoms with van der Waals surface area (Å²) in [4.78, 5) is 43.0. The SMILES string of the molecule is COC(=O)c1ccc(OCCNC(=O)OC(C)(C)C)c(Nc2cnc3c(c2)OCCN3C(=O)Nc2ccccc2)c1. The molecular formula is C29H33N5O7. The van der Waals surface area contributed by atoms with Gasteiger partial charge in [-0.25, -0.2) is 19.4 Å². The van der Waals surface area contributed by atoms with Crippen LogP contribution in [0.15, 0.2) is 60.8 Å². The molecule has 1 aliphatic rings. The van der Waals surface area contributed by atoms with E-state index in [0.29, 0.717) is 46.5 Å². The van der Waals surface area contributed by atoms with Gasteiger partial charge < -0.3 is 34.9 Å². The summed E-state index contributed by atoms with van der Waals surface area (Å²) in [6, 6.07) is 15.3. The van der Waals surface area contributed by atoms with Crippen LogP contribution in [0.25, 0.3) is 0 Å². The molecule has 3 amide bonds. The highest BCUT2D eigenvalue weighted by Gasteiger charge is 2.26. The molecule has 12 heteroatoms. The summed E-state index contributed by atoms with van der Waals surface area (Å²) >= 11 is 0. The summed E-state index contributed by atoms with van der Waals surface area (Å²) in [7, 11) is 1.30. The topological polar surface area (TPSA) is 140 Å². The number of amides is 3. The standard InChI is InChI=1S/C29H33N5O7/c1-29(2,3)41-28(37)30-12-14-39-23-11-10-19(26(35)38-4)16-22(23)32-21-17-24-25(31-18-21)34(13-15-40-24)27(36)33-20-8-6-5-7-9-20/h5-11,16-18,32H,12-15H2,1-4H3,(H,30,37)(H,33,36). The molecule has 0 atom stereocenters. The van der Waals surface area contributed by atoms with Gasteiger partial charge >= 0.3 is 18.1 Å². The minimum absolute atomic E-state index is 0.141. The zero-order chi connectivity index (χ0) is 29.4. The van der Waals surface area contributed by atoms with Gasteiger partial charge in [-0.3, -0.25) is 4.90 Å². The van der Waals surface area contributed by atoms with E-state index in [1.807, 2.05) is 18.2 Å². The molecule has 0 unspecified atom stereocenters. The van der Waals surface area contributed by atoms with E-state index in [1.165, 1.54) is 12.0 Å². The third-order valence-corrected chi connectivity index (χ3v) is 5.64. The van der Waals surface area contributed by atoms with Gasteiger partial charge in [0.05, 0.1) is 43.3 Å². The predicted octanol–water partition coefficient (Wildman–Crippen LogP) is 4.95. The molecule has 0 aliphatic carbocycles. The second-order valence-corrected chi connectivity index (χ2v) is 9.95. The van der Waals surface area contributed by atoms with Gasteiger partial charge in [0, 0.05) is 11.8 Å². The Balaban J connectivity index is 1.48. The van der Waals surface area contributed by atoms with Gasteiger partial charge in [0.1, 0.15) is 24.6 Å². The Morgan fingerprint density at radius 3 is 2.56 bits per heavy atom. The predicted molar refractivity (Wildman–Crippen MR) is 153 cm³/mol. The molecule has 4 rings (SSSR count). The summed E-state index contributed by atoms with van der Waals surface area (Å²) in [6.07, 6.45) is 1.00. The van der Waals surface area contributed by atoms with Crippen molar-refractivity contribution in [3.63, 3.8) is 0 Å². The first-order valence-electron chi connectivity index (χ1n) is 13.0. The zero-order valence-corrected chi connectivity index (χ0v) is 23.4. The van der Waals surface area contributed by atoms with Crippen molar-refractivity contribution in [3.05, 3.63) is 66.4 Å². The third-order valence-electron chi connectivity index (χ3n) is 5.64. The molecule has 0 saturated carbocycles. The minimum Gasteiger partial charge on any atom is -0.490 e. The van der Waals surface area contributed by atoms with Gasteiger partial charge in [0.25, 0.3) is 0 Å².